The van der Waals surface area contributed by atoms with E-state index in [2.05, 4.69) is 5.32 Å². The highest BCUT2D eigenvalue weighted by Gasteiger charge is 2.35. The van der Waals surface area contributed by atoms with Gasteiger partial charge in [0.2, 0.25) is 11.8 Å². The molecule has 0 heterocycles. The first-order valence-corrected chi connectivity index (χ1v) is 16.8. The zero-order valence-corrected chi connectivity index (χ0v) is 28.0. The van der Waals surface area contributed by atoms with Crippen molar-refractivity contribution in [3.8, 4) is 0 Å². The number of sulfonamides is 1. The third-order valence-corrected chi connectivity index (χ3v) is 9.54. The van der Waals surface area contributed by atoms with Gasteiger partial charge in [-0.3, -0.25) is 13.9 Å². The number of nitrogens with one attached hydrogen (secondary N) is 1. The van der Waals surface area contributed by atoms with Crippen LogP contribution in [-0.2, 0) is 32.6 Å². The van der Waals surface area contributed by atoms with Crippen molar-refractivity contribution in [3.05, 3.63) is 129 Å². The maximum Gasteiger partial charge on any atom is 0.264 e. The molecule has 7 nitrogen and oxygen atoms in total. The average Bonchev–Trinajstić information content (AvgIpc) is 2.99. The molecule has 1 N–H and O–H groups in total. The first-order chi connectivity index (χ1) is 21.3. The fraction of sp³-hybridized carbons (Fsp3) is 0.257. The lowest BCUT2D eigenvalue weighted by molar-refractivity contribution is -0.140. The van der Waals surface area contributed by atoms with Crippen molar-refractivity contribution in [2.75, 3.05) is 10.8 Å². The van der Waals surface area contributed by atoms with Gasteiger partial charge in [0.15, 0.2) is 0 Å². The van der Waals surface area contributed by atoms with Crippen molar-refractivity contribution < 1.29 is 18.0 Å². The average molecular weight is 667 g/mol. The first-order valence-electron chi connectivity index (χ1n) is 14.6. The van der Waals surface area contributed by atoms with Gasteiger partial charge in [-0.05, 0) is 86.8 Å². The molecule has 4 rings (SSSR count). The molecule has 1 atom stereocenters. The molecule has 0 radical (unpaired) electrons. The molecular formula is C35H37Cl2N3O4S. The summed E-state index contributed by atoms with van der Waals surface area (Å²) < 4.78 is 29.5. The maximum absolute atomic E-state index is 14.5. The fourth-order valence-electron chi connectivity index (χ4n) is 4.97. The second-order valence-corrected chi connectivity index (χ2v) is 14.0. The SMILES string of the molecule is Cc1ccc(S(=O)(=O)N(CC(=O)N(Cc2ccc(Cl)cc2)[C@H](Cc2ccccc2)C(=O)NC(C)C)c2ccc(Cl)cc2C)cc1. The van der Waals surface area contributed by atoms with Crippen LogP contribution in [0, 0.1) is 13.8 Å². The van der Waals surface area contributed by atoms with E-state index in [1.165, 1.54) is 17.0 Å². The molecule has 0 fully saturated rings. The van der Waals surface area contributed by atoms with Crippen LogP contribution in [0.3, 0.4) is 0 Å². The Hall–Kier alpha value is -3.85. The highest BCUT2D eigenvalue weighted by atomic mass is 35.5. The van der Waals surface area contributed by atoms with Crippen LogP contribution >= 0.6 is 23.2 Å². The summed E-state index contributed by atoms with van der Waals surface area (Å²) >= 11 is 12.4. The molecule has 2 amide bonds. The molecule has 0 aromatic heterocycles. The number of hydrogen-bond acceptors (Lipinski definition) is 4. The summed E-state index contributed by atoms with van der Waals surface area (Å²) in [5, 5.41) is 3.92. The Labute approximate surface area is 275 Å². The van der Waals surface area contributed by atoms with Crippen molar-refractivity contribution in [1.29, 1.82) is 0 Å². The van der Waals surface area contributed by atoms with Crippen molar-refractivity contribution in [1.82, 2.24) is 10.2 Å². The molecule has 4 aromatic rings. The van der Waals surface area contributed by atoms with Gasteiger partial charge in [0.05, 0.1) is 10.6 Å². The molecule has 0 saturated heterocycles. The van der Waals surface area contributed by atoms with E-state index in [9.17, 15) is 18.0 Å². The van der Waals surface area contributed by atoms with Gasteiger partial charge in [0.1, 0.15) is 12.6 Å². The normalized spacial score (nSPS) is 12.1. The molecule has 0 saturated carbocycles. The molecular weight excluding hydrogens is 629 g/mol. The first kappa shape index (κ1) is 34.0. The predicted molar refractivity (Wildman–Crippen MR) is 181 cm³/mol. The summed E-state index contributed by atoms with van der Waals surface area (Å²) in [5.74, 6) is -0.887. The smallest absolute Gasteiger partial charge is 0.264 e. The summed E-state index contributed by atoms with van der Waals surface area (Å²) in [6.45, 7) is 6.81. The number of rotatable bonds is 12. The Morgan fingerprint density at radius 1 is 0.800 bits per heavy atom. The number of amides is 2. The molecule has 0 spiro atoms. The van der Waals surface area contributed by atoms with E-state index in [-0.39, 0.29) is 29.8 Å². The monoisotopic (exact) mass is 665 g/mol. The highest BCUT2D eigenvalue weighted by molar-refractivity contribution is 7.92. The number of halogens is 2. The van der Waals surface area contributed by atoms with E-state index in [1.807, 2.05) is 51.1 Å². The zero-order valence-electron chi connectivity index (χ0n) is 25.7. The zero-order chi connectivity index (χ0) is 32.7. The van der Waals surface area contributed by atoms with Gasteiger partial charge in [-0.2, -0.15) is 0 Å². The van der Waals surface area contributed by atoms with Gasteiger partial charge in [-0.15, -0.1) is 0 Å². The summed E-state index contributed by atoms with van der Waals surface area (Å²) in [5.41, 5.74) is 3.37. The van der Waals surface area contributed by atoms with Gasteiger partial charge in [0, 0.05) is 29.1 Å². The molecule has 0 aliphatic carbocycles. The number of aryl methyl sites for hydroxylation is 2. The minimum Gasteiger partial charge on any atom is -0.352 e. The molecule has 236 valence electrons. The largest absolute Gasteiger partial charge is 0.352 e. The Balaban J connectivity index is 1.82. The molecule has 10 heteroatoms. The van der Waals surface area contributed by atoms with Crippen molar-refractivity contribution >= 4 is 50.7 Å². The van der Waals surface area contributed by atoms with Crippen LogP contribution in [0.2, 0.25) is 10.0 Å². The van der Waals surface area contributed by atoms with E-state index >= 15 is 0 Å². The van der Waals surface area contributed by atoms with Gasteiger partial charge in [-0.25, -0.2) is 8.42 Å². The van der Waals surface area contributed by atoms with Gasteiger partial charge in [0.25, 0.3) is 10.0 Å². The molecule has 45 heavy (non-hydrogen) atoms. The lowest BCUT2D eigenvalue weighted by Crippen LogP contribution is -2.54. The van der Waals surface area contributed by atoms with Gasteiger partial charge in [-0.1, -0.05) is 83.4 Å². The number of anilines is 1. The number of nitrogens with zero attached hydrogens (tertiary/aromatic N) is 2. The minimum atomic E-state index is -4.21. The standard InChI is InChI=1S/C35H37Cl2N3O4S/c1-24(2)38-35(42)33(21-27-8-6-5-7-9-27)39(22-28-12-14-29(36)15-13-28)34(41)23-40(32-19-16-30(37)20-26(32)4)45(43,44)31-17-10-25(3)11-18-31/h5-20,24,33H,21-23H2,1-4H3,(H,38,42)/t33-/m1/s1. The number of carbonyl (C=O) groups excluding carboxylic acids is 2. The molecule has 0 aliphatic heterocycles. The summed E-state index contributed by atoms with van der Waals surface area (Å²) in [6, 6.07) is 26.6. The second kappa shape index (κ2) is 15.0. The fourth-order valence-corrected chi connectivity index (χ4v) is 6.80. The van der Waals surface area contributed by atoms with Crippen LogP contribution < -0.4 is 9.62 Å². The summed E-state index contributed by atoms with van der Waals surface area (Å²) in [7, 11) is -4.21. The number of hydrogen-bond donors (Lipinski definition) is 1. The van der Waals surface area contributed by atoms with E-state index in [4.69, 9.17) is 23.2 Å². The maximum atomic E-state index is 14.5. The Kier molecular flexibility index (Phi) is 11.3. The Bertz CT molecular complexity index is 1730. The summed E-state index contributed by atoms with van der Waals surface area (Å²) in [6.07, 6.45) is 0.226. The Morgan fingerprint density at radius 2 is 1.42 bits per heavy atom. The van der Waals surface area contributed by atoms with E-state index in [1.54, 1.807) is 61.5 Å². The number of benzene rings is 4. The van der Waals surface area contributed by atoms with Crippen LogP contribution in [0.1, 0.15) is 36.1 Å². The minimum absolute atomic E-state index is 0.0397. The predicted octanol–water partition coefficient (Wildman–Crippen LogP) is 6.97. The lowest BCUT2D eigenvalue weighted by Gasteiger charge is -2.34. The van der Waals surface area contributed by atoms with E-state index < -0.39 is 28.5 Å². The van der Waals surface area contributed by atoms with Crippen LogP contribution in [0.4, 0.5) is 5.69 Å². The van der Waals surface area contributed by atoms with Crippen LogP contribution in [-0.4, -0.2) is 43.8 Å². The highest BCUT2D eigenvalue weighted by Crippen LogP contribution is 2.30. The molecule has 0 aliphatic rings. The van der Waals surface area contributed by atoms with Crippen LogP contribution in [0.5, 0.6) is 0 Å². The van der Waals surface area contributed by atoms with E-state index in [0.29, 0.717) is 21.3 Å². The van der Waals surface area contributed by atoms with Crippen molar-refractivity contribution in [2.24, 2.45) is 0 Å². The third kappa shape index (κ3) is 8.87. The van der Waals surface area contributed by atoms with Crippen LogP contribution in [0.15, 0.2) is 102 Å². The third-order valence-electron chi connectivity index (χ3n) is 7.28. The second-order valence-electron chi connectivity index (χ2n) is 11.3. The van der Waals surface area contributed by atoms with Crippen molar-refractivity contribution in [3.63, 3.8) is 0 Å². The number of carbonyl (C=O) groups is 2. The van der Waals surface area contributed by atoms with Gasteiger partial charge < -0.3 is 10.2 Å². The Morgan fingerprint density at radius 3 is 2.02 bits per heavy atom. The van der Waals surface area contributed by atoms with Crippen LogP contribution in [0.25, 0.3) is 0 Å². The molecule has 0 bridgehead atoms. The van der Waals surface area contributed by atoms with Gasteiger partial charge >= 0.3 is 0 Å². The lowest BCUT2D eigenvalue weighted by atomic mass is 10.0. The summed E-state index contributed by atoms with van der Waals surface area (Å²) in [4.78, 5) is 29.8. The topological polar surface area (TPSA) is 86.8 Å². The quantitative estimate of drug-likeness (QED) is 0.177. The van der Waals surface area contributed by atoms with Crippen molar-refractivity contribution in [2.45, 2.75) is 57.6 Å². The molecule has 4 aromatic carbocycles. The van der Waals surface area contributed by atoms with E-state index in [0.717, 1.165) is 21.0 Å². The molecule has 0 unspecified atom stereocenters.